The van der Waals surface area contributed by atoms with Gasteiger partial charge in [-0.05, 0) is 61.0 Å². The number of anilines is 1. The van der Waals surface area contributed by atoms with Gasteiger partial charge in [0.25, 0.3) is 5.69 Å². The maximum absolute atomic E-state index is 12.5. The zero-order valence-electron chi connectivity index (χ0n) is 17.3. The second kappa shape index (κ2) is 7.91. The molecule has 2 aromatic heterocycles. The first-order chi connectivity index (χ1) is 14.8. The minimum atomic E-state index is -0.447. The minimum Gasteiger partial charge on any atom is -0.423 e. The largest absolute Gasteiger partial charge is 0.423 e. The summed E-state index contributed by atoms with van der Waals surface area (Å²) >= 11 is 0. The van der Waals surface area contributed by atoms with Crippen molar-refractivity contribution in [1.29, 1.82) is 0 Å². The molecule has 8 nitrogen and oxygen atoms in total. The lowest BCUT2D eigenvalue weighted by Crippen LogP contribution is -2.12. The molecule has 8 heteroatoms. The quantitative estimate of drug-likeness (QED) is 0.206. The number of aromatic nitrogens is 2. The van der Waals surface area contributed by atoms with Crippen LogP contribution in [-0.2, 0) is 0 Å². The van der Waals surface area contributed by atoms with E-state index in [1.165, 1.54) is 12.3 Å². The monoisotopic (exact) mass is 416 g/mol. The van der Waals surface area contributed by atoms with Crippen LogP contribution in [0.3, 0.4) is 0 Å². The Balaban J connectivity index is 1.52. The first-order valence-corrected chi connectivity index (χ1v) is 9.55. The van der Waals surface area contributed by atoms with Crippen LogP contribution in [0, 0.1) is 17.0 Å². The third-order valence-corrected chi connectivity index (χ3v) is 4.92. The van der Waals surface area contributed by atoms with E-state index < -0.39 is 10.9 Å². The lowest BCUT2D eigenvalue weighted by molar-refractivity contribution is -0.385. The van der Waals surface area contributed by atoms with Gasteiger partial charge in [0.2, 0.25) is 0 Å². The van der Waals surface area contributed by atoms with Crippen LogP contribution in [0.4, 0.5) is 11.4 Å². The summed E-state index contributed by atoms with van der Waals surface area (Å²) in [4.78, 5) is 29.5. The third kappa shape index (κ3) is 4.09. The smallest absolute Gasteiger partial charge is 0.343 e. The summed E-state index contributed by atoms with van der Waals surface area (Å²) in [5.74, 6) is -0.0105. The second-order valence-corrected chi connectivity index (χ2v) is 7.35. The van der Waals surface area contributed by atoms with Crippen LogP contribution in [-0.4, -0.2) is 34.4 Å². The van der Waals surface area contributed by atoms with Crippen molar-refractivity contribution in [3.8, 4) is 17.0 Å². The highest BCUT2D eigenvalue weighted by Gasteiger charge is 2.13. The average molecular weight is 416 g/mol. The lowest BCUT2D eigenvalue weighted by atomic mass is 10.1. The van der Waals surface area contributed by atoms with Crippen molar-refractivity contribution in [2.24, 2.45) is 0 Å². The van der Waals surface area contributed by atoms with Crippen LogP contribution >= 0.6 is 0 Å². The molecule has 2 aromatic carbocycles. The van der Waals surface area contributed by atoms with Crippen molar-refractivity contribution in [2.45, 2.75) is 6.92 Å². The number of benzene rings is 2. The molecule has 0 saturated heterocycles. The number of nitro groups is 1. The summed E-state index contributed by atoms with van der Waals surface area (Å²) < 4.78 is 7.11. The summed E-state index contributed by atoms with van der Waals surface area (Å²) in [7, 11) is 3.90. The van der Waals surface area contributed by atoms with Gasteiger partial charge in [-0.15, -0.1) is 0 Å². The van der Waals surface area contributed by atoms with Crippen LogP contribution in [0.15, 0.2) is 67.0 Å². The normalized spacial score (nSPS) is 10.8. The molecule has 0 radical (unpaired) electrons. The van der Waals surface area contributed by atoms with Crippen molar-refractivity contribution >= 4 is 23.0 Å². The fourth-order valence-corrected chi connectivity index (χ4v) is 3.37. The Hall–Kier alpha value is -4.20. The summed E-state index contributed by atoms with van der Waals surface area (Å²) in [5, 5.41) is 10.9. The lowest BCUT2D eigenvalue weighted by Gasteiger charge is -2.16. The molecular weight excluding hydrogens is 396 g/mol. The van der Waals surface area contributed by atoms with E-state index in [0.717, 1.165) is 16.8 Å². The van der Waals surface area contributed by atoms with Crippen LogP contribution in [0.5, 0.6) is 5.75 Å². The average Bonchev–Trinajstić information content (AvgIpc) is 3.17. The first-order valence-electron chi connectivity index (χ1n) is 9.55. The van der Waals surface area contributed by atoms with Crippen molar-refractivity contribution in [2.75, 3.05) is 19.0 Å². The highest BCUT2D eigenvalue weighted by Crippen LogP contribution is 2.25. The van der Waals surface area contributed by atoms with Gasteiger partial charge in [-0.25, -0.2) is 9.78 Å². The molecule has 0 unspecified atom stereocenters. The molecule has 0 fully saturated rings. The summed E-state index contributed by atoms with van der Waals surface area (Å²) in [6, 6.07) is 15.4. The predicted molar refractivity (Wildman–Crippen MR) is 118 cm³/mol. The Morgan fingerprint density at radius 1 is 1.06 bits per heavy atom. The van der Waals surface area contributed by atoms with Gasteiger partial charge in [0, 0.05) is 37.6 Å². The zero-order valence-corrected chi connectivity index (χ0v) is 17.3. The van der Waals surface area contributed by atoms with Crippen LogP contribution in [0.1, 0.15) is 15.9 Å². The van der Waals surface area contributed by atoms with Crippen LogP contribution in [0.25, 0.3) is 16.9 Å². The maximum Gasteiger partial charge on any atom is 0.343 e. The predicted octanol–water partition coefficient (Wildman–Crippen LogP) is 4.50. The molecule has 0 amide bonds. The molecule has 2 heterocycles. The van der Waals surface area contributed by atoms with Crippen molar-refractivity contribution in [3.63, 3.8) is 0 Å². The molecule has 0 N–H and O–H groups in total. The molecule has 0 aliphatic carbocycles. The van der Waals surface area contributed by atoms with E-state index in [0.29, 0.717) is 22.7 Å². The number of hydrogen-bond acceptors (Lipinski definition) is 6. The number of carbonyl (C=O) groups is 1. The Bertz CT molecular complexity index is 1290. The van der Waals surface area contributed by atoms with Crippen molar-refractivity contribution in [1.82, 2.24) is 9.38 Å². The Morgan fingerprint density at radius 3 is 2.45 bits per heavy atom. The number of pyridine rings is 1. The fourth-order valence-electron chi connectivity index (χ4n) is 3.37. The first kappa shape index (κ1) is 20.1. The summed E-state index contributed by atoms with van der Waals surface area (Å²) in [5.41, 5.74) is 4.57. The van der Waals surface area contributed by atoms with E-state index in [4.69, 9.17) is 4.74 Å². The number of hydrogen-bond donors (Lipinski definition) is 0. The summed E-state index contributed by atoms with van der Waals surface area (Å²) in [6.45, 7) is 1.95. The molecule has 156 valence electrons. The number of esters is 1. The number of nitrogens with zero attached hydrogens (tertiary/aromatic N) is 4. The van der Waals surface area contributed by atoms with E-state index in [-0.39, 0.29) is 5.69 Å². The standard InChI is InChI=1S/C23H20N4O4/c1-15-12-17(6-10-21(15)25(2)3)23(28)31-19-8-4-16(5-9-19)20-14-26-13-18(27(29)30)7-11-22(26)24-20/h4-14H,1-3H3. The molecular formula is C23H20N4O4. The Kier molecular flexibility index (Phi) is 5.12. The van der Waals surface area contributed by atoms with Gasteiger partial charge in [0.1, 0.15) is 11.4 Å². The topological polar surface area (TPSA) is 90.0 Å². The van der Waals surface area contributed by atoms with Gasteiger partial charge in [0.05, 0.1) is 22.4 Å². The van der Waals surface area contributed by atoms with Gasteiger partial charge in [-0.2, -0.15) is 0 Å². The molecule has 0 spiro atoms. The van der Waals surface area contributed by atoms with E-state index in [9.17, 15) is 14.9 Å². The number of aryl methyl sites for hydroxylation is 1. The molecule has 0 bridgehead atoms. The molecule has 4 aromatic rings. The SMILES string of the molecule is Cc1cc(C(=O)Oc2ccc(-c3cn4cc([N+](=O)[O-])ccc4n3)cc2)ccc1N(C)C. The van der Waals surface area contributed by atoms with Crippen LogP contribution < -0.4 is 9.64 Å². The number of fused-ring (bicyclic) bond motifs is 1. The number of ether oxygens (including phenoxy) is 1. The van der Waals surface area contributed by atoms with E-state index in [2.05, 4.69) is 4.98 Å². The number of imidazole rings is 1. The molecule has 31 heavy (non-hydrogen) atoms. The molecule has 0 saturated carbocycles. The van der Waals surface area contributed by atoms with Gasteiger partial charge >= 0.3 is 5.97 Å². The highest BCUT2D eigenvalue weighted by atomic mass is 16.6. The zero-order chi connectivity index (χ0) is 22.1. The summed E-state index contributed by atoms with van der Waals surface area (Å²) in [6.07, 6.45) is 3.14. The second-order valence-electron chi connectivity index (χ2n) is 7.35. The van der Waals surface area contributed by atoms with E-state index >= 15 is 0 Å². The van der Waals surface area contributed by atoms with E-state index in [1.54, 1.807) is 47.0 Å². The van der Waals surface area contributed by atoms with Gasteiger partial charge in [0.15, 0.2) is 0 Å². The third-order valence-electron chi connectivity index (χ3n) is 4.92. The van der Waals surface area contributed by atoms with E-state index in [1.807, 2.05) is 38.1 Å². The Morgan fingerprint density at radius 2 is 1.81 bits per heavy atom. The Labute approximate surface area is 178 Å². The molecule has 0 atom stereocenters. The van der Waals surface area contributed by atoms with Crippen LogP contribution in [0.2, 0.25) is 0 Å². The molecule has 4 rings (SSSR count). The molecule has 0 aliphatic heterocycles. The number of carbonyl (C=O) groups excluding carboxylic acids is 1. The van der Waals surface area contributed by atoms with Gasteiger partial charge in [-0.1, -0.05) is 0 Å². The number of rotatable bonds is 5. The van der Waals surface area contributed by atoms with Gasteiger partial charge < -0.3 is 9.64 Å². The van der Waals surface area contributed by atoms with Crippen molar-refractivity contribution in [3.05, 3.63) is 88.2 Å². The van der Waals surface area contributed by atoms with Gasteiger partial charge in [-0.3, -0.25) is 14.5 Å². The fraction of sp³-hybridized carbons (Fsp3) is 0.130. The highest BCUT2D eigenvalue weighted by molar-refractivity contribution is 5.92. The minimum absolute atomic E-state index is 0.00689. The maximum atomic E-state index is 12.5. The van der Waals surface area contributed by atoms with Crippen molar-refractivity contribution < 1.29 is 14.5 Å². The molecule has 0 aliphatic rings.